The van der Waals surface area contributed by atoms with Crippen molar-refractivity contribution in [3.8, 4) is 0 Å². The number of fused-ring (bicyclic) bond motifs is 1. The fraction of sp³-hybridized carbons (Fsp3) is 0.111. The Balaban J connectivity index is 1.70. The molecule has 6 heteroatoms. The Hall–Kier alpha value is -3.15. The van der Waals surface area contributed by atoms with E-state index in [-0.39, 0.29) is 11.7 Å². The molecule has 3 heterocycles. The van der Waals surface area contributed by atoms with E-state index in [9.17, 15) is 9.18 Å². The number of rotatable bonds is 4. The Labute approximate surface area is 137 Å². The first-order valence-electron chi connectivity index (χ1n) is 7.53. The van der Waals surface area contributed by atoms with E-state index in [1.54, 1.807) is 47.7 Å². The summed E-state index contributed by atoms with van der Waals surface area (Å²) in [7, 11) is 0. The summed E-state index contributed by atoms with van der Waals surface area (Å²) in [5, 5.41) is 3.19. The Kier molecular flexibility index (Phi) is 3.49. The monoisotopic (exact) mass is 323 g/mol. The number of carbonyl (C=O) groups excluding carboxylic acids is 1. The van der Waals surface area contributed by atoms with Crippen molar-refractivity contribution in [3.05, 3.63) is 83.8 Å². The molecule has 1 aliphatic rings. The summed E-state index contributed by atoms with van der Waals surface area (Å²) in [5.74, 6) is 0.189. The lowest BCUT2D eigenvalue weighted by molar-refractivity contribution is 0.0714. The third-order valence-electron chi connectivity index (χ3n) is 3.93. The van der Waals surface area contributed by atoms with Crippen molar-refractivity contribution in [1.82, 2.24) is 9.88 Å². The summed E-state index contributed by atoms with van der Waals surface area (Å²) in [6.45, 7) is 0.301. The number of carbonyl (C=O) groups is 1. The van der Waals surface area contributed by atoms with Gasteiger partial charge in [0.25, 0.3) is 5.91 Å². The van der Waals surface area contributed by atoms with Crippen LogP contribution >= 0.6 is 0 Å². The van der Waals surface area contributed by atoms with Crippen molar-refractivity contribution >= 4 is 11.6 Å². The van der Waals surface area contributed by atoms with Gasteiger partial charge in [-0.15, -0.1) is 0 Å². The Morgan fingerprint density at radius 1 is 1.21 bits per heavy atom. The second-order valence-corrected chi connectivity index (χ2v) is 5.51. The van der Waals surface area contributed by atoms with Gasteiger partial charge in [0.05, 0.1) is 24.1 Å². The highest BCUT2D eigenvalue weighted by Crippen LogP contribution is 2.34. The highest BCUT2D eigenvalue weighted by atomic mass is 19.1. The molecule has 1 amide bonds. The maximum Gasteiger partial charge on any atom is 0.258 e. The minimum Gasteiger partial charge on any atom is -0.467 e. The highest BCUT2D eigenvalue weighted by Gasteiger charge is 2.38. The number of pyridine rings is 1. The van der Waals surface area contributed by atoms with Gasteiger partial charge in [0.1, 0.15) is 17.7 Å². The van der Waals surface area contributed by atoms with E-state index in [0.29, 0.717) is 29.2 Å². The van der Waals surface area contributed by atoms with Crippen LogP contribution in [0.5, 0.6) is 0 Å². The standard InChI is InChI=1S/C18H14FN3O2/c19-12-4-1-5-13(10-12)21-17-16-15(7-2-8-20-16)18(23)22(17)11-14-6-3-9-24-14/h1-10,17,21H,11H2/t17-/m1/s1. The molecule has 3 aromatic rings. The maximum absolute atomic E-state index is 13.5. The van der Waals surface area contributed by atoms with Gasteiger partial charge < -0.3 is 14.6 Å². The quantitative estimate of drug-likeness (QED) is 0.797. The molecular weight excluding hydrogens is 309 g/mol. The second-order valence-electron chi connectivity index (χ2n) is 5.51. The normalized spacial score (nSPS) is 16.3. The molecule has 0 saturated carbocycles. The number of halogens is 1. The molecule has 120 valence electrons. The van der Waals surface area contributed by atoms with Gasteiger partial charge in [-0.3, -0.25) is 9.78 Å². The summed E-state index contributed by atoms with van der Waals surface area (Å²) in [5.41, 5.74) is 1.74. The van der Waals surface area contributed by atoms with E-state index >= 15 is 0 Å². The number of nitrogens with zero attached hydrogens (tertiary/aromatic N) is 2. The summed E-state index contributed by atoms with van der Waals surface area (Å²) in [4.78, 5) is 18.7. The van der Waals surface area contributed by atoms with Crippen molar-refractivity contribution < 1.29 is 13.6 Å². The average Bonchev–Trinajstić information content (AvgIpc) is 3.18. The summed E-state index contributed by atoms with van der Waals surface area (Å²) in [6.07, 6.45) is 2.72. The molecular formula is C18H14FN3O2. The Morgan fingerprint density at radius 3 is 2.92 bits per heavy atom. The predicted octanol–water partition coefficient (Wildman–Crippen LogP) is 3.58. The zero-order chi connectivity index (χ0) is 16.5. The topological polar surface area (TPSA) is 58.4 Å². The van der Waals surface area contributed by atoms with Crippen molar-refractivity contribution in [1.29, 1.82) is 0 Å². The van der Waals surface area contributed by atoms with Gasteiger partial charge in [-0.1, -0.05) is 6.07 Å². The number of aromatic nitrogens is 1. The minimum atomic E-state index is -0.486. The molecule has 4 rings (SSSR count). The number of anilines is 1. The number of furan rings is 1. The van der Waals surface area contributed by atoms with Crippen molar-refractivity contribution in [2.24, 2.45) is 0 Å². The third-order valence-corrected chi connectivity index (χ3v) is 3.93. The van der Waals surface area contributed by atoms with Crippen LogP contribution in [0.3, 0.4) is 0 Å². The zero-order valence-electron chi connectivity index (χ0n) is 12.6. The Bertz CT molecular complexity index is 879. The van der Waals surface area contributed by atoms with Crippen LogP contribution in [0, 0.1) is 5.82 Å². The molecule has 2 aromatic heterocycles. The van der Waals surface area contributed by atoms with E-state index < -0.39 is 6.17 Å². The predicted molar refractivity (Wildman–Crippen MR) is 85.6 cm³/mol. The highest BCUT2D eigenvalue weighted by molar-refractivity contribution is 5.98. The second kappa shape index (κ2) is 5.81. The molecule has 0 fully saturated rings. The lowest BCUT2D eigenvalue weighted by Crippen LogP contribution is -2.32. The number of hydrogen-bond acceptors (Lipinski definition) is 4. The average molecular weight is 323 g/mol. The van der Waals surface area contributed by atoms with Crippen molar-refractivity contribution in [2.75, 3.05) is 5.32 Å². The lowest BCUT2D eigenvalue weighted by Gasteiger charge is -2.25. The largest absolute Gasteiger partial charge is 0.467 e. The maximum atomic E-state index is 13.5. The number of nitrogens with one attached hydrogen (secondary N) is 1. The third kappa shape index (κ3) is 2.52. The molecule has 0 saturated heterocycles. The first kappa shape index (κ1) is 14.4. The van der Waals surface area contributed by atoms with E-state index in [0.717, 1.165) is 0 Å². The number of amides is 1. The lowest BCUT2D eigenvalue weighted by atomic mass is 10.2. The smallest absolute Gasteiger partial charge is 0.258 e. The SMILES string of the molecule is O=C1c2cccnc2[C@H](Nc2cccc(F)c2)N1Cc1ccco1. The van der Waals surface area contributed by atoms with E-state index in [4.69, 9.17) is 4.42 Å². The summed E-state index contributed by atoms with van der Waals surface area (Å²) in [6, 6.07) is 13.2. The van der Waals surface area contributed by atoms with E-state index in [1.165, 1.54) is 12.1 Å². The van der Waals surface area contributed by atoms with Crippen molar-refractivity contribution in [2.45, 2.75) is 12.7 Å². The van der Waals surface area contributed by atoms with Gasteiger partial charge in [0, 0.05) is 11.9 Å². The molecule has 1 atom stereocenters. The summed E-state index contributed by atoms with van der Waals surface area (Å²) < 4.78 is 18.8. The minimum absolute atomic E-state index is 0.136. The Morgan fingerprint density at radius 2 is 2.12 bits per heavy atom. The molecule has 5 nitrogen and oxygen atoms in total. The van der Waals surface area contributed by atoms with Crippen LogP contribution in [0.2, 0.25) is 0 Å². The fourth-order valence-corrected chi connectivity index (χ4v) is 2.85. The first-order chi connectivity index (χ1) is 11.7. The molecule has 0 radical (unpaired) electrons. The van der Waals surface area contributed by atoms with Gasteiger partial charge in [-0.05, 0) is 42.5 Å². The van der Waals surface area contributed by atoms with Crippen LogP contribution in [0.1, 0.15) is 28.0 Å². The van der Waals surface area contributed by atoms with Crippen LogP contribution < -0.4 is 5.32 Å². The summed E-state index contributed by atoms with van der Waals surface area (Å²) >= 11 is 0. The molecule has 1 aromatic carbocycles. The van der Waals surface area contributed by atoms with E-state index in [1.807, 2.05) is 6.07 Å². The van der Waals surface area contributed by atoms with Gasteiger partial charge in [0.2, 0.25) is 0 Å². The van der Waals surface area contributed by atoms with Crippen LogP contribution in [0.25, 0.3) is 0 Å². The van der Waals surface area contributed by atoms with Gasteiger partial charge in [-0.2, -0.15) is 0 Å². The fourth-order valence-electron chi connectivity index (χ4n) is 2.85. The molecule has 0 aliphatic carbocycles. The molecule has 0 spiro atoms. The van der Waals surface area contributed by atoms with Gasteiger partial charge in [0.15, 0.2) is 0 Å². The first-order valence-corrected chi connectivity index (χ1v) is 7.53. The van der Waals surface area contributed by atoms with Crippen LogP contribution in [0.15, 0.2) is 65.4 Å². The van der Waals surface area contributed by atoms with Gasteiger partial charge in [-0.25, -0.2) is 4.39 Å². The van der Waals surface area contributed by atoms with Crippen LogP contribution in [-0.2, 0) is 6.54 Å². The molecule has 0 bridgehead atoms. The number of hydrogen-bond donors (Lipinski definition) is 1. The van der Waals surface area contributed by atoms with Crippen LogP contribution in [-0.4, -0.2) is 15.8 Å². The van der Waals surface area contributed by atoms with Crippen LogP contribution in [0.4, 0.5) is 10.1 Å². The molecule has 0 unspecified atom stereocenters. The molecule has 1 N–H and O–H groups in total. The number of benzene rings is 1. The zero-order valence-corrected chi connectivity index (χ0v) is 12.6. The van der Waals surface area contributed by atoms with Gasteiger partial charge >= 0.3 is 0 Å². The van der Waals surface area contributed by atoms with Crippen molar-refractivity contribution in [3.63, 3.8) is 0 Å². The molecule has 24 heavy (non-hydrogen) atoms. The molecule has 1 aliphatic heterocycles. The van der Waals surface area contributed by atoms with E-state index in [2.05, 4.69) is 10.3 Å².